The van der Waals surface area contributed by atoms with Gasteiger partial charge < -0.3 is 10.4 Å². The molecule has 4 nitrogen and oxygen atoms in total. The number of carboxylic acid groups (broad SMARTS) is 1. The number of aliphatic carboxylic acids is 1. The molecule has 1 aromatic carbocycles. The summed E-state index contributed by atoms with van der Waals surface area (Å²) in [5.41, 5.74) is 0.383. The van der Waals surface area contributed by atoms with Gasteiger partial charge in [0.1, 0.15) is 5.82 Å². The summed E-state index contributed by atoms with van der Waals surface area (Å²) in [5, 5.41) is 11.7. The van der Waals surface area contributed by atoms with E-state index in [1.807, 2.05) is 0 Å². The Labute approximate surface area is 124 Å². The molecule has 0 bridgehead atoms. The quantitative estimate of drug-likeness (QED) is 0.883. The Hall–Kier alpha value is -1.43. The average Bonchev–Trinajstić information content (AvgIpc) is 2.43. The summed E-state index contributed by atoms with van der Waals surface area (Å²) in [6.07, 6.45) is 2.37. The van der Waals surface area contributed by atoms with Crippen LogP contribution in [0.3, 0.4) is 0 Å². The van der Waals surface area contributed by atoms with Gasteiger partial charge in [-0.3, -0.25) is 9.59 Å². The van der Waals surface area contributed by atoms with Crippen molar-refractivity contribution in [1.82, 2.24) is 0 Å². The van der Waals surface area contributed by atoms with E-state index in [4.69, 9.17) is 5.11 Å². The maximum absolute atomic E-state index is 13.4. The van der Waals surface area contributed by atoms with Crippen LogP contribution in [-0.4, -0.2) is 17.0 Å². The molecule has 2 atom stereocenters. The molecule has 1 saturated carbocycles. The monoisotopic (exact) mass is 343 g/mol. The summed E-state index contributed by atoms with van der Waals surface area (Å²) in [6, 6.07) is 4.36. The van der Waals surface area contributed by atoms with E-state index in [1.54, 1.807) is 6.07 Å². The molecule has 20 heavy (non-hydrogen) atoms. The van der Waals surface area contributed by atoms with E-state index in [-0.39, 0.29) is 11.8 Å². The minimum Gasteiger partial charge on any atom is -0.481 e. The molecular formula is C14H15BrFNO3. The topological polar surface area (TPSA) is 66.4 Å². The molecule has 0 radical (unpaired) electrons. The number of halogens is 2. The first kappa shape index (κ1) is 15.0. The summed E-state index contributed by atoms with van der Waals surface area (Å²) >= 11 is 3.04. The van der Waals surface area contributed by atoms with Crippen LogP contribution in [-0.2, 0) is 9.59 Å². The lowest BCUT2D eigenvalue weighted by Crippen LogP contribution is -2.30. The van der Waals surface area contributed by atoms with Gasteiger partial charge >= 0.3 is 5.97 Å². The lowest BCUT2D eigenvalue weighted by atomic mass is 9.81. The van der Waals surface area contributed by atoms with Gasteiger partial charge in [-0.05, 0) is 53.4 Å². The number of amides is 1. The number of carbonyl (C=O) groups excluding carboxylic acids is 1. The molecule has 0 heterocycles. The van der Waals surface area contributed by atoms with E-state index in [1.165, 1.54) is 12.1 Å². The molecule has 0 aromatic heterocycles. The first-order chi connectivity index (χ1) is 9.47. The van der Waals surface area contributed by atoms with Gasteiger partial charge in [-0.1, -0.05) is 6.42 Å². The van der Waals surface area contributed by atoms with Crippen molar-refractivity contribution in [3.05, 3.63) is 28.5 Å². The molecule has 1 aromatic rings. The first-order valence-corrected chi connectivity index (χ1v) is 7.25. The molecule has 6 heteroatoms. The van der Waals surface area contributed by atoms with E-state index in [2.05, 4.69) is 21.2 Å². The van der Waals surface area contributed by atoms with E-state index in [0.717, 1.165) is 6.42 Å². The second-order valence-electron chi connectivity index (χ2n) is 5.02. The Morgan fingerprint density at radius 1 is 1.30 bits per heavy atom. The van der Waals surface area contributed by atoms with Gasteiger partial charge in [-0.2, -0.15) is 0 Å². The van der Waals surface area contributed by atoms with Crippen LogP contribution in [0, 0.1) is 17.7 Å². The van der Waals surface area contributed by atoms with Crippen molar-refractivity contribution in [3.63, 3.8) is 0 Å². The van der Waals surface area contributed by atoms with Gasteiger partial charge in [0.2, 0.25) is 5.91 Å². The van der Waals surface area contributed by atoms with Crippen molar-refractivity contribution >= 4 is 33.5 Å². The number of carboxylic acids is 1. The first-order valence-electron chi connectivity index (χ1n) is 6.46. The molecule has 1 fully saturated rings. The maximum atomic E-state index is 13.4. The Balaban J connectivity index is 2.00. The lowest BCUT2D eigenvalue weighted by Gasteiger charge is -2.25. The Morgan fingerprint density at radius 2 is 2.00 bits per heavy atom. The van der Waals surface area contributed by atoms with Crippen LogP contribution in [0.1, 0.15) is 25.7 Å². The van der Waals surface area contributed by atoms with Crippen LogP contribution in [0.5, 0.6) is 0 Å². The highest BCUT2D eigenvalue weighted by molar-refractivity contribution is 9.10. The summed E-state index contributed by atoms with van der Waals surface area (Å²) < 4.78 is 13.7. The van der Waals surface area contributed by atoms with Gasteiger partial charge in [0, 0.05) is 11.6 Å². The molecule has 1 aliphatic rings. The highest BCUT2D eigenvalue weighted by Crippen LogP contribution is 2.30. The Bertz CT molecular complexity index is 535. The molecule has 0 saturated heterocycles. The van der Waals surface area contributed by atoms with Crippen LogP contribution in [0.2, 0.25) is 0 Å². The molecule has 2 N–H and O–H groups in total. The summed E-state index contributed by atoms with van der Waals surface area (Å²) in [5.74, 6) is -2.32. The van der Waals surface area contributed by atoms with E-state index in [0.29, 0.717) is 29.4 Å². The number of hydrogen-bond acceptors (Lipinski definition) is 2. The fourth-order valence-corrected chi connectivity index (χ4v) is 2.72. The number of rotatable bonds is 3. The number of carbonyl (C=O) groups is 2. The van der Waals surface area contributed by atoms with Crippen molar-refractivity contribution < 1.29 is 19.1 Å². The second kappa shape index (κ2) is 6.35. The van der Waals surface area contributed by atoms with Crippen molar-refractivity contribution in [2.24, 2.45) is 11.8 Å². The molecule has 1 amide bonds. The van der Waals surface area contributed by atoms with E-state index >= 15 is 0 Å². The predicted molar refractivity (Wildman–Crippen MR) is 75.8 cm³/mol. The molecule has 0 aliphatic heterocycles. The molecule has 2 rings (SSSR count). The molecule has 108 valence electrons. The molecule has 0 spiro atoms. The average molecular weight is 344 g/mol. The zero-order valence-electron chi connectivity index (χ0n) is 10.7. The zero-order valence-corrected chi connectivity index (χ0v) is 12.3. The van der Waals surface area contributed by atoms with E-state index in [9.17, 15) is 14.0 Å². The van der Waals surface area contributed by atoms with Crippen LogP contribution in [0.15, 0.2) is 22.7 Å². The van der Waals surface area contributed by atoms with Gasteiger partial charge in [0.15, 0.2) is 0 Å². The number of hydrogen-bond donors (Lipinski definition) is 2. The van der Waals surface area contributed by atoms with Crippen molar-refractivity contribution in [1.29, 1.82) is 0 Å². The van der Waals surface area contributed by atoms with Gasteiger partial charge in [-0.15, -0.1) is 0 Å². The predicted octanol–water partition coefficient (Wildman–Crippen LogP) is 3.42. The smallest absolute Gasteiger partial charge is 0.306 e. The standard InChI is InChI=1S/C14H15BrFNO3/c15-11-5-4-10(7-12(11)16)17-13(18)8-2-1-3-9(6-8)14(19)20/h4-5,7-9H,1-3,6H2,(H,17,18)(H,19,20). The normalized spacial score (nSPS) is 22.3. The fraction of sp³-hybridized carbons (Fsp3) is 0.429. The van der Waals surface area contributed by atoms with Crippen LogP contribution in [0.25, 0.3) is 0 Å². The fourth-order valence-electron chi connectivity index (χ4n) is 2.47. The minimum atomic E-state index is -0.850. The van der Waals surface area contributed by atoms with Crippen LogP contribution in [0.4, 0.5) is 10.1 Å². The van der Waals surface area contributed by atoms with Crippen molar-refractivity contribution in [3.8, 4) is 0 Å². The Kier molecular flexibility index (Phi) is 4.75. The van der Waals surface area contributed by atoms with Gasteiger partial charge in [-0.25, -0.2) is 4.39 Å². The maximum Gasteiger partial charge on any atom is 0.306 e. The third kappa shape index (κ3) is 3.56. The highest BCUT2D eigenvalue weighted by atomic mass is 79.9. The van der Waals surface area contributed by atoms with Crippen LogP contribution >= 0.6 is 15.9 Å². The summed E-state index contributed by atoms with van der Waals surface area (Å²) in [7, 11) is 0. The van der Waals surface area contributed by atoms with Gasteiger partial charge in [0.05, 0.1) is 10.4 Å². The SMILES string of the molecule is O=C(O)C1CCCC(C(=O)Nc2ccc(Br)c(F)c2)C1. The molecular weight excluding hydrogens is 329 g/mol. The second-order valence-corrected chi connectivity index (χ2v) is 5.87. The summed E-state index contributed by atoms with van der Waals surface area (Å²) in [4.78, 5) is 23.1. The molecule has 2 unspecified atom stereocenters. The number of anilines is 1. The summed E-state index contributed by atoms with van der Waals surface area (Å²) in [6.45, 7) is 0. The zero-order chi connectivity index (χ0) is 14.7. The third-order valence-electron chi connectivity index (χ3n) is 3.58. The molecule has 1 aliphatic carbocycles. The van der Waals surface area contributed by atoms with Gasteiger partial charge in [0.25, 0.3) is 0 Å². The minimum absolute atomic E-state index is 0.238. The lowest BCUT2D eigenvalue weighted by molar-refractivity contribution is -0.143. The van der Waals surface area contributed by atoms with Crippen LogP contribution < -0.4 is 5.32 Å². The van der Waals surface area contributed by atoms with Crippen molar-refractivity contribution in [2.45, 2.75) is 25.7 Å². The Morgan fingerprint density at radius 3 is 2.65 bits per heavy atom. The number of benzene rings is 1. The van der Waals surface area contributed by atoms with E-state index < -0.39 is 17.7 Å². The largest absolute Gasteiger partial charge is 0.481 e. The van der Waals surface area contributed by atoms with Crippen molar-refractivity contribution in [2.75, 3.05) is 5.32 Å². The highest BCUT2D eigenvalue weighted by Gasteiger charge is 2.31. The number of nitrogens with one attached hydrogen (secondary N) is 1. The third-order valence-corrected chi connectivity index (χ3v) is 4.22.